The van der Waals surface area contributed by atoms with E-state index < -0.39 is 0 Å². The second kappa shape index (κ2) is 6.41. The molecule has 1 aliphatic rings. The molecule has 0 saturated carbocycles. The Morgan fingerprint density at radius 2 is 2.04 bits per heavy atom. The first-order valence-corrected chi connectivity index (χ1v) is 8.13. The Bertz CT molecular complexity index is 699. The molecule has 0 bridgehead atoms. The van der Waals surface area contributed by atoms with E-state index >= 15 is 0 Å². The molecule has 2 aromatic rings. The number of furan rings is 1. The van der Waals surface area contributed by atoms with Gasteiger partial charge in [-0.3, -0.25) is 4.79 Å². The normalized spacial score (nSPS) is 17.7. The van der Waals surface area contributed by atoms with Crippen molar-refractivity contribution in [2.24, 2.45) is 11.0 Å². The standard InChI is InChI=1S/C19H22N2O2/c1-4-14-7-9-15(10-8-14)16-12-17(18-6-5-11-23-18)21(20-16)19(22)13(2)3/h5-11,13,17H,4,12H2,1-3H3/t17-/m0/s1. The first-order chi connectivity index (χ1) is 11.1. The van der Waals surface area contributed by atoms with E-state index in [9.17, 15) is 4.79 Å². The predicted octanol–water partition coefficient (Wildman–Crippen LogP) is 4.18. The summed E-state index contributed by atoms with van der Waals surface area (Å²) in [4.78, 5) is 12.5. The smallest absolute Gasteiger partial charge is 0.245 e. The van der Waals surface area contributed by atoms with E-state index in [-0.39, 0.29) is 17.9 Å². The zero-order valence-corrected chi connectivity index (χ0v) is 13.8. The molecule has 4 nitrogen and oxygen atoms in total. The highest BCUT2D eigenvalue weighted by Crippen LogP contribution is 2.34. The summed E-state index contributed by atoms with van der Waals surface area (Å²) >= 11 is 0. The molecule has 2 heterocycles. The molecular formula is C19H22N2O2. The fourth-order valence-corrected chi connectivity index (χ4v) is 2.79. The largest absolute Gasteiger partial charge is 0.467 e. The molecule has 0 aliphatic carbocycles. The highest BCUT2D eigenvalue weighted by atomic mass is 16.3. The maximum Gasteiger partial charge on any atom is 0.245 e. The molecule has 1 atom stereocenters. The molecule has 0 N–H and O–H groups in total. The van der Waals surface area contributed by atoms with Gasteiger partial charge in [0.25, 0.3) is 0 Å². The summed E-state index contributed by atoms with van der Waals surface area (Å²) in [5.41, 5.74) is 3.30. The molecule has 0 saturated heterocycles. The van der Waals surface area contributed by atoms with Gasteiger partial charge in [0.1, 0.15) is 11.8 Å². The maximum absolute atomic E-state index is 12.5. The summed E-state index contributed by atoms with van der Waals surface area (Å²) in [5, 5.41) is 6.20. The number of nitrogens with zero attached hydrogens (tertiary/aromatic N) is 2. The summed E-state index contributed by atoms with van der Waals surface area (Å²) in [6.45, 7) is 5.92. The summed E-state index contributed by atoms with van der Waals surface area (Å²) in [7, 11) is 0. The van der Waals surface area contributed by atoms with Crippen molar-refractivity contribution in [1.29, 1.82) is 0 Å². The molecule has 4 heteroatoms. The zero-order valence-electron chi connectivity index (χ0n) is 13.8. The van der Waals surface area contributed by atoms with Crippen molar-refractivity contribution in [2.45, 2.75) is 39.7 Å². The molecule has 1 aliphatic heterocycles. The van der Waals surface area contributed by atoms with Crippen LogP contribution < -0.4 is 0 Å². The Kier molecular flexibility index (Phi) is 4.33. The van der Waals surface area contributed by atoms with Crippen LogP contribution in [-0.2, 0) is 11.2 Å². The average molecular weight is 310 g/mol. The summed E-state index contributed by atoms with van der Waals surface area (Å²) in [5.74, 6) is 0.701. The SMILES string of the molecule is CCc1ccc(C2=NN(C(=O)C(C)C)[C@H](c3ccco3)C2)cc1. The van der Waals surface area contributed by atoms with Gasteiger partial charge in [0.15, 0.2) is 0 Å². The van der Waals surface area contributed by atoms with Crippen LogP contribution in [0.1, 0.15) is 50.1 Å². The van der Waals surface area contributed by atoms with Gasteiger partial charge >= 0.3 is 0 Å². The van der Waals surface area contributed by atoms with E-state index in [4.69, 9.17) is 4.42 Å². The lowest BCUT2D eigenvalue weighted by Crippen LogP contribution is -2.30. The Morgan fingerprint density at radius 3 is 2.61 bits per heavy atom. The van der Waals surface area contributed by atoms with Crippen molar-refractivity contribution < 1.29 is 9.21 Å². The van der Waals surface area contributed by atoms with Crippen molar-refractivity contribution >= 4 is 11.6 Å². The van der Waals surface area contributed by atoms with Crippen molar-refractivity contribution in [3.63, 3.8) is 0 Å². The molecule has 0 unspecified atom stereocenters. The molecule has 120 valence electrons. The molecule has 1 aromatic carbocycles. The minimum Gasteiger partial charge on any atom is -0.467 e. The zero-order chi connectivity index (χ0) is 16.4. The number of rotatable bonds is 4. The van der Waals surface area contributed by atoms with Crippen LogP contribution in [0.2, 0.25) is 0 Å². The second-order valence-electron chi connectivity index (χ2n) is 6.17. The first-order valence-electron chi connectivity index (χ1n) is 8.13. The lowest BCUT2D eigenvalue weighted by atomic mass is 10.0. The minimum atomic E-state index is -0.152. The molecule has 3 rings (SSSR count). The number of aryl methyl sites for hydroxylation is 1. The average Bonchev–Trinajstić information content (AvgIpc) is 3.23. The number of benzene rings is 1. The van der Waals surface area contributed by atoms with Crippen molar-refractivity contribution in [3.8, 4) is 0 Å². The number of hydrogen-bond acceptors (Lipinski definition) is 3. The van der Waals surface area contributed by atoms with Crippen LogP contribution >= 0.6 is 0 Å². The van der Waals surface area contributed by atoms with Crippen LogP contribution in [0.3, 0.4) is 0 Å². The molecule has 1 amide bonds. The van der Waals surface area contributed by atoms with Crippen molar-refractivity contribution in [3.05, 3.63) is 59.5 Å². The van der Waals surface area contributed by atoms with Gasteiger partial charge in [-0.1, -0.05) is 45.0 Å². The van der Waals surface area contributed by atoms with Crippen LogP contribution in [-0.4, -0.2) is 16.6 Å². The van der Waals surface area contributed by atoms with E-state index in [1.165, 1.54) is 5.56 Å². The molecule has 0 fully saturated rings. The fourth-order valence-electron chi connectivity index (χ4n) is 2.79. The van der Waals surface area contributed by atoms with Gasteiger partial charge in [-0.2, -0.15) is 5.10 Å². The molecule has 0 spiro atoms. The Morgan fingerprint density at radius 1 is 1.30 bits per heavy atom. The molecule has 1 aromatic heterocycles. The second-order valence-corrected chi connectivity index (χ2v) is 6.17. The number of hydrogen-bond donors (Lipinski definition) is 0. The van der Waals surface area contributed by atoms with E-state index in [1.807, 2.05) is 26.0 Å². The molecule has 23 heavy (non-hydrogen) atoms. The monoisotopic (exact) mass is 310 g/mol. The summed E-state index contributed by atoms with van der Waals surface area (Å²) in [6.07, 6.45) is 3.33. The number of carbonyl (C=O) groups is 1. The number of amides is 1. The van der Waals surface area contributed by atoms with Gasteiger partial charge < -0.3 is 4.42 Å². The fraction of sp³-hybridized carbons (Fsp3) is 0.368. The summed E-state index contributed by atoms with van der Waals surface area (Å²) < 4.78 is 5.53. The highest BCUT2D eigenvalue weighted by molar-refractivity contribution is 6.03. The van der Waals surface area contributed by atoms with Crippen LogP contribution in [0.4, 0.5) is 0 Å². The van der Waals surface area contributed by atoms with Gasteiger partial charge in [0, 0.05) is 12.3 Å². The number of carbonyl (C=O) groups excluding carboxylic acids is 1. The van der Waals surface area contributed by atoms with Crippen molar-refractivity contribution in [2.75, 3.05) is 0 Å². The maximum atomic E-state index is 12.5. The van der Waals surface area contributed by atoms with E-state index in [0.717, 1.165) is 23.5 Å². The third kappa shape index (κ3) is 3.07. The van der Waals surface area contributed by atoms with E-state index in [0.29, 0.717) is 6.42 Å². The van der Waals surface area contributed by atoms with Crippen LogP contribution in [0, 0.1) is 5.92 Å². The Balaban J connectivity index is 1.92. The third-order valence-electron chi connectivity index (χ3n) is 4.20. The predicted molar refractivity (Wildman–Crippen MR) is 90.1 cm³/mol. The molecule has 0 radical (unpaired) electrons. The quantitative estimate of drug-likeness (QED) is 0.850. The minimum absolute atomic E-state index is 0.0200. The van der Waals surface area contributed by atoms with Gasteiger partial charge in [0.2, 0.25) is 5.91 Å². The van der Waals surface area contributed by atoms with Crippen LogP contribution in [0.25, 0.3) is 0 Å². The first kappa shape index (κ1) is 15.5. The Hall–Kier alpha value is -2.36. The van der Waals surface area contributed by atoms with Gasteiger partial charge in [0.05, 0.1) is 12.0 Å². The number of hydrazone groups is 1. The van der Waals surface area contributed by atoms with E-state index in [1.54, 1.807) is 11.3 Å². The lowest BCUT2D eigenvalue weighted by Gasteiger charge is -2.21. The van der Waals surface area contributed by atoms with Crippen LogP contribution in [0.5, 0.6) is 0 Å². The van der Waals surface area contributed by atoms with Crippen molar-refractivity contribution in [1.82, 2.24) is 5.01 Å². The molecular weight excluding hydrogens is 288 g/mol. The van der Waals surface area contributed by atoms with Gasteiger partial charge in [-0.25, -0.2) is 5.01 Å². The highest BCUT2D eigenvalue weighted by Gasteiger charge is 2.35. The Labute approximate surface area is 136 Å². The topological polar surface area (TPSA) is 45.8 Å². The third-order valence-corrected chi connectivity index (χ3v) is 4.20. The van der Waals surface area contributed by atoms with E-state index in [2.05, 4.69) is 36.3 Å². The lowest BCUT2D eigenvalue weighted by molar-refractivity contribution is -0.136. The van der Waals surface area contributed by atoms with Crippen LogP contribution in [0.15, 0.2) is 52.2 Å². The summed E-state index contributed by atoms with van der Waals surface area (Å²) in [6, 6.07) is 12.0. The van der Waals surface area contributed by atoms with Gasteiger partial charge in [-0.05, 0) is 29.7 Å². The van der Waals surface area contributed by atoms with Gasteiger partial charge in [-0.15, -0.1) is 0 Å².